The van der Waals surface area contributed by atoms with Crippen LogP contribution in [0.3, 0.4) is 0 Å². The zero-order valence-corrected chi connectivity index (χ0v) is 10.9. The zero-order valence-electron chi connectivity index (χ0n) is 10.1. The number of para-hydroxylation sites is 2. The van der Waals surface area contributed by atoms with Gasteiger partial charge in [-0.25, -0.2) is 9.19 Å². The lowest BCUT2D eigenvalue weighted by molar-refractivity contribution is 0.404. The number of piperidine rings is 1. The van der Waals surface area contributed by atoms with Crippen molar-refractivity contribution in [2.75, 3.05) is 18.8 Å². The first kappa shape index (κ1) is 11.9. The standard InChI is InChI=1S/C13H16N2O2S/c16-18(9-10-4-3-7-14-8-10)13-15-11-5-1-2-6-12(11)17-13/h1-2,5-6,10,14H,3-4,7-9H2/t10-,18+/m0/s1. The molecule has 5 heteroatoms. The summed E-state index contributed by atoms with van der Waals surface area (Å²) in [7, 11) is -1.13. The average Bonchev–Trinajstić information content (AvgIpc) is 2.84. The van der Waals surface area contributed by atoms with Crippen LogP contribution in [0.2, 0.25) is 0 Å². The lowest BCUT2D eigenvalue weighted by Crippen LogP contribution is -2.32. The van der Waals surface area contributed by atoms with Crippen LogP contribution >= 0.6 is 0 Å². The van der Waals surface area contributed by atoms with E-state index in [4.69, 9.17) is 4.42 Å². The van der Waals surface area contributed by atoms with Gasteiger partial charge in [0.15, 0.2) is 5.58 Å². The molecule has 2 atom stereocenters. The first-order chi connectivity index (χ1) is 8.83. The van der Waals surface area contributed by atoms with E-state index < -0.39 is 10.8 Å². The minimum Gasteiger partial charge on any atom is -0.430 e. The van der Waals surface area contributed by atoms with Gasteiger partial charge in [0.1, 0.15) is 16.3 Å². The predicted octanol–water partition coefficient (Wildman–Crippen LogP) is 1.93. The normalized spacial score (nSPS) is 22.1. The molecule has 3 rings (SSSR count). The van der Waals surface area contributed by atoms with Crippen molar-refractivity contribution in [2.24, 2.45) is 5.92 Å². The summed E-state index contributed by atoms with van der Waals surface area (Å²) < 4.78 is 17.7. The summed E-state index contributed by atoms with van der Waals surface area (Å²) in [4.78, 5) is 4.29. The van der Waals surface area contributed by atoms with Gasteiger partial charge < -0.3 is 9.73 Å². The lowest BCUT2D eigenvalue weighted by Gasteiger charge is -2.21. The molecule has 0 aliphatic carbocycles. The third kappa shape index (κ3) is 2.47. The molecule has 4 nitrogen and oxygen atoms in total. The third-order valence-electron chi connectivity index (χ3n) is 3.26. The molecule has 1 saturated heterocycles. The van der Waals surface area contributed by atoms with E-state index in [2.05, 4.69) is 10.3 Å². The molecule has 1 aromatic heterocycles. The van der Waals surface area contributed by atoms with Gasteiger partial charge in [0, 0.05) is 5.75 Å². The van der Waals surface area contributed by atoms with Crippen LogP contribution in [0, 0.1) is 5.92 Å². The highest BCUT2D eigenvalue weighted by Crippen LogP contribution is 2.20. The molecular weight excluding hydrogens is 248 g/mol. The summed E-state index contributed by atoms with van der Waals surface area (Å²) in [5.41, 5.74) is 1.49. The number of hydrogen-bond acceptors (Lipinski definition) is 4. The number of fused-ring (bicyclic) bond motifs is 1. The fourth-order valence-corrected chi connectivity index (χ4v) is 3.54. The molecular formula is C13H16N2O2S. The second-order valence-electron chi connectivity index (χ2n) is 4.67. The Morgan fingerprint density at radius 2 is 2.33 bits per heavy atom. The van der Waals surface area contributed by atoms with E-state index in [0.717, 1.165) is 31.4 Å². The fraction of sp³-hybridized carbons (Fsp3) is 0.462. The molecule has 96 valence electrons. The molecule has 1 aromatic carbocycles. The maximum Gasteiger partial charge on any atom is 0.287 e. The van der Waals surface area contributed by atoms with Crippen LogP contribution in [0.15, 0.2) is 33.9 Å². The Hall–Kier alpha value is -1.20. The van der Waals surface area contributed by atoms with Gasteiger partial charge in [-0.2, -0.15) is 0 Å². The van der Waals surface area contributed by atoms with Crippen LogP contribution < -0.4 is 5.32 Å². The molecule has 0 amide bonds. The van der Waals surface area contributed by atoms with Crippen LogP contribution in [0.1, 0.15) is 12.8 Å². The smallest absolute Gasteiger partial charge is 0.287 e. The minimum absolute atomic E-state index is 0.363. The van der Waals surface area contributed by atoms with E-state index in [1.54, 1.807) is 0 Å². The quantitative estimate of drug-likeness (QED) is 0.920. The van der Waals surface area contributed by atoms with Crippen LogP contribution in [0.4, 0.5) is 0 Å². The van der Waals surface area contributed by atoms with Crippen molar-refractivity contribution in [3.8, 4) is 0 Å². The van der Waals surface area contributed by atoms with Gasteiger partial charge >= 0.3 is 0 Å². The second kappa shape index (κ2) is 5.20. The molecule has 2 heterocycles. The molecule has 0 radical (unpaired) electrons. The van der Waals surface area contributed by atoms with Crippen molar-refractivity contribution in [3.05, 3.63) is 24.3 Å². The zero-order chi connectivity index (χ0) is 12.4. The summed E-state index contributed by atoms with van der Waals surface area (Å²) in [5, 5.41) is 3.70. The molecule has 1 N–H and O–H groups in total. The van der Waals surface area contributed by atoms with Crippen molar-refractivity contribution >= 4 is 21.9 Å². The number of nitrogens with zero attached hydrogens (tertiary/aromatic N) is 1. The van der Waals surface area contributed by atoms with Gasteiger partial charge in [0.05, 0.1) is 0 Å². The molecule has 0 spiro atoms. The second-order valence-corrected chi connectivity index (χ2v) is 6.05. The topological polar surface area (TPSA) is 55.1 Å². The molecule has 0 saturated carbocycles. The van der Waals surface area contributed by atoms with E-state index >= 15 is 0 Å². The number of rotatable bonds is 3. The summed E-state index contributed by atoms with van der Waals surface area (Å²) in [6.45, 7) is 2.03. The average molecular weight is 264 g/mol. The van der Waals surface area contributed by atoms with Crippen LogP contribution in [-0.2, 0) is 10.8 Å². The van der Waals surface area contributed by atoms with E-state index in [9.17, 15) is 4.21 Å². The molecule has 2 aromatic rings. The van der Waals surface area contributed by atoms with Crippen LogP contribution in [0.25, 0.3) is 11.1 Å². The fourth-order valence-electron chi connectivity index (χ4n) is 2.30. The molecule has 1 fully saturated rings. The van der Waals surface area contributed by atoms with Crippen LogP contribution in [0.5, 0.6) is 0 Å². The van der Waals surface area contributed by atoms with Crippen LogP contribution in [-0.4, -0.2) is 28.0 Å². The summed E-state index contributed by atoms with van der Waals surface area (Å²) in [6, 6.07) is 7.53. The number of nitrogens with one attached hydrogen (secondary N) is 1. The van der Waals surface area contributed by atoms with E-state index in [0.29, 0.717) is 22.5 Å². The SMILES string of the molecule is O=[S@](C[C@H]1CCCNC1)c1nc2ccccc2o1. The molecule has 1 aliphatic heterocycles. The minimum atomic E-state index is -1.13. The van der Waals surface area contributed by atoms with Gasteiger partial charge in [-0.3, -0.25) is 0 Å². The van der Waals surface area contributed by atoms with Crippen molar-refractivity contribution in [1.82, 2.24) is 10.3 Å². The lowest BCUT2D eigenvalue weighted by atomic mass is 10.0. The largest absolute Gasteiger partial charge is 0.430 e. The molecule has 1 aliphatic rings. The highest BCUT2D eigenvalue weighted by molar-refractivity contribution is 7.84. The van der Waals surface area contributed by atoms with Crippen molar-refractivity contribution in [2.45, 2.75) is 18.1 Å². The van der Waals surface area contributed by atoms with Gasteiger partial charge in [0.25, 0.3) is 5.22 Å². The molecule has 0 unspecified atom stereocenters. The molecule has 0 bridgehead atoms. The Kier molecular flexibility index (Phi) is 3.43. The number of oxazole rings is 1. The Labute approximate surface area is 108 Å². The Morgan fingerprint density at radius 1 is 1.44 bits per heavy atom. The highest BCUT2D eigenvalue weighted by Gasteiger charge is 2.20. The molecule has 18 heavy (non-hydrogen) atoms. The van der Waals surface area contributed by atoms with Gasteiger partial charge in [-0.1, -0.05) is 12.1 Å². The van der Waals surface area contributed by atoms with Crippen molar-refractivity contribution < 1.29 is 8.63 Å². The van der Waals surface area contributed by atoms with Gasteiger partial charge in [-0.05, 0) is 44.0 Å². The maximum absolute atomic E-state index is 12.2. The summed E-state index contributed by atoms with van der Waals surface area (Å²) >= 11 is 0. The summed E-state index contributed by atoms with van der Waals surface area (Å²) in [5.74, 6) is 1.11. The third-order valence-corrected chi connectivity index (χ3v) is 4.59. The Balaban J connectivity index is 1.74. The Bertz CT molecular complexity index is 528. The Morgan fingerprint density at radius 3 is 3.11 bits per heavy atom. The number of aromatic nitrogens is 1. The first-order valence-corrected chi connectivity index (χ1v) is 7.59. The van der Waals surface area contributed by atoms with E-state index in [-0.39, 0.29) is 0 Å². The van der Waals surface area contributed by atoms with E-state index in [1.165, 1.54) is 0 Å². The number of hydrogen-bond donors (Lipinski definition) is 1. The van der Waals surface area contributed by atoms with Crippen molar-refractivity contribution in [3.63, 3.8) is 0 Å². The van der Waals surface area contributed by atoms with Gasteiger partial charge in [0.2, 0.25) is 0 Å². The van der Waals surface area contributed by atoms with E-state index in [1.807, 2.05) is 24.3 Å². The monoisotopic (exact) mass is 264 g/mol. The summed E-state index contributed by atoms with van der Waals surface area (Å²) in [6.07, 6.45) is 2.30. The predicted molar refractivity (Wildman–Crippen MR) is 70.9 cm³/mol. The maximum atomic E-state index is 12.2. The number of benzene rings is 1. The highest BCUT2D eigenvalue weighted by atomic mass is 32.2. The van der Waals surface area contributed by atoms with Crippen molar-refractivity contribution in [1.29, 1.82) is 0 Å². The first-order valence-electron chi connectivity index (χ1n) is 6.27. The van der Waals surface area contributed by atoms with Gasteiger partial charge in [-0.15, -0.1) is 0 Å².